The monoisotopic (exact) mass is 383 g/mol. The third-order valence-electron chi connectivity index (χ3n) is 3.34. The van der Waals surface area contributed by atoms with E-state index in [1.807, 2.05) is 0 Å². The topological polar surface area (TPSA) is 90.7 Å². The molecule has 0 atom stereocenters. The second kappa shape index (κ2) is 7.83. The highest BCUT2D eigenvalue weighted by atomic mass is 35.5. The summed E-state index contributed by atoms with van der Waals surface area (Å²) in [6.07, 6.45) is 1.28. The van der Waals surface area contributed by atoms with Crippen LogP contribution in [0.2, 0.25) is 10.0 Å². The number of anilines is 3. The van der Waals surface area contributed by atoms with Crippen LogP contribution in [0, 0.1) is 11.3 Å². The molecular weight excluding hydrogens is 373 g/mol. The quantitative estimate of drug-likeness (QED) is 0.683. The summed E-state index contributed by atoms with van der Waals surface area (Å²) in [5.41, 5.74) is 1.87. The first-order chi connectivity index (χ1) is 12.5. The smallest absolute Gasteiger partial charge is 0.274 e. The Balaban J connectivity index is 1.76. The van der Waals surface area contributed by atoms with E-state index in [1.54, 1.807) is 42.5 Å². The SMILES string of the molecule is N#Cc1cccc(Nc2cc(C(=O)Nc3ccc(Cl)c(Cl)c3)ncn2)c1. The molecule has 2 aromatic carbocycles. The molecule has 1 aromatic heterocycles. The number of benzene rings is 2. The van der Waals surface area contributed by atoms with Crippen LogP contribution in [-0.4, -0.2) is 15.9 Å². The van der Waals surface area contributed by atoms with Gasteiger partial charge in [-0.25, -0.2) is 9.97 Å². The highest BCUT2D eigenvalue weighted by Crippen LogP contribution is 2.25. The minimum absolute atomic E-state index is 0.171. The summed E-state index contributed by atoms with van der Waals surface area (Å²) < 4.78 is 0. The van der Waals surface area contributed by atoms with Crippen LogP contribution in [-0.2, 0) is 0 Å². The zero-order valence-corrected chi connectivity index (χ0v) is 14.7. The maximum Gasteiger partial charge on any atom is 0.274 e. The van der Waals surface area contributed by atoms with Crippen LogP contribution in [0.3, 0.4) is 0 Å². The van der Waals surface area contributed by atoms with Gasteiger partial charge in [-0.2, -0.15) is 5.26 Å². The van der Waals surface area contributed by atoms with Crippen molar-refractivity contribution in [1.29, 1.82) is 5.26 Å². The normalized spacial score (nSPS) is 10.0. The summed E-state index contributed by atoms with van der Waals surface area (Å²) in [7, 11) is 0. The van der Waals surface area contributed by atoms with Gasteiger partial charge in [-0.05, 0) is 36.4 Å². The molecule has 128 valence electrons. The molecule has 0 bridgehead atoms. The largest absolute Gasteiger partial charge is 0.340 e. The van der Waals surface area contributed by atoms with Gasteiger partial charge in [0.05, 0.1) is 21.7 Å². The molecule has 0 radical (unpaired) electrons. The number of hydrogen-bond donors (Lipinski definition) is 2. The molecule has 0 saturated carbocycles. The van der Waals surface area contributed by atoms with E-state index in [2.05, 4.69) is 26.7 Å². The number of amides is 1. The molecule has 0 aliphatic rings. The van der Waals surface area contributed by atoms with Gasteiger partial charge in [-0.3, -0.25) is 4.79 Å². The van der Waals surface area contributed by atoms with Crippen LogP contribution in [0.15, 0.2) is 54.9 Å². The molecule has 8 heteroatoms. The molecule has 3 aromatic rings. The molecule has 0 aliphatic carbocycles. The van der Waals surface area contributed by atoms with Gasteiger partial charge < -0.3 is 10.6 Å². The Kier molecular flexibility index (Phi) is 5.32. The fraction of sp³-hybridized carbons (Fsp3) is 0. The second-order valence-electron chi connectivity index (χ2n) is 5.19. The first kappa shape index (κ1) is 17.7. The Bertz CT molecular complexity index is 1020. The summed E-state index contributed by atoms with van der Waals surface area (Å²) in [6, 6.07) is 15.3. The molecule has 0 unspecified atom stereocenters. The minimum Gasteiger partial charge on any atom is -0.340 e. The molecular formula is C18H11Cl2N5O. The highest BCUT2D eigenvalue weighted by Gasteiger charge is 2.10. The van der Waals surface area contributed by atoms with Crippen molar-refractivity contribution in [3.8, 4) is 6.07 Å². The lowest BCUT2D eigenvalue weighted by Gasteiger charge is -2.08. The van der Waals surface area contributed by atoms with E-state index >= 15 is 0 Å². The number of nitrogens with zero attached hydrogens (tertiary/aromatic N) is 3. The Morgan fingerprint density at radius 2 is 1.85 bits per heavy atom. The van der Waals surface area contributed by atoms with Crippen LogP contribution >= 0.6 is 23.2 Å². The third kappa shape index (κ3) is 4.28. The Morgan fingerprint density at radius 1 is 1.00 bits per heavy atom. The lowest BCUT2D eigenvalue weighted by molar-refractivity contribution is 0.102. The van der Waals surface area contributed by atoms with Crippen molar-refractivity contribution in [2.75, 3.05) is 10.6 Å². The van der Waals surface area contributed by atoms with Crippen LogP contribution in [0.25, 0.3) is 0 Å². The lowest BCUT2D eigenvalue weighted by Crippen LogP contribution is -2.14. The fourth-order valence-electron chi connectivity index (χ4n) is 2.13. The summed E-state index contributed by atoms with van der Waals surface area (Å²) in [4.78, 5) is 20.4. The van der Waals surface area contributed by atoms with Gasteiger partial charge in [0.15, 0.2) is 0 Å². The highest BCUT2D eigenvalue weighted by molar-refractivity contribution is 6.42. The van der Waals surface area contributed by atoms with Gasteiger partial charge in [0.25, 0.3) is 5.91 Å². The summed E-state index contributed by atoms with van der Waals surface area (Å²) >= 11 is 11.8. The number of carbonyl (C=O) groups excluding carboxylic acids is 1. The number of nitrogens with one attached hydrogen (secondary N) is 2. The summed E-state index contributed by atoms with van der Waals surface area (Å²) in [5, 5.41) is 15.4. The molecule has 0 spiro atoms. The van der Waals surface area contributed by atoms with Crippen molar-refractivity contribution in [3.05, 3.63) is 76.2 Å². The average molecular weight is 384 g/mol. The van der Waals surface area contributed by atoms with E-state index in [9.17, 15) is 4.79 Å². The lowest BCUT2D eigenvalue weighted by atomic mass is 10.2. The number of hydrogen-bond acceptors (Lipinski definition) is 5. The molecule has 3 rings (SSSR count). The van der Waals surface area contributed by atoms with Crippen LogP contribution in [0.1, 0.15) is 16.1 Å². The predicted octanol–water partition coefficient (Wildman–Crippen LogP) is 4.65. The number of rotatable bonds is 4. The second-order valence-corrected chi connectivity index (χ2v) is 6.00. The van der Waals surface area contributed by atoms with Gasteiger partial charge in [0, 0.05) is 17.4 Å². The maximum atomic E-state index is 12.4. The van der Waals surface area contributed by atoms with E-state index in [4.69, 9.17) is 28.5 Å². The van der Waals surface area contributed by atoms with Crippen LogP contribution in [0.4, 0.5) is 17.2 Å². The minimum atomic E-state index is -0.417. The van der Waals surface area contributed by atoms with Gasteiger partial charge >= 0.3 is 0 Å². The molecule has 1 amide bonds. The Morgan fingerprint density at radius 3 is 2.62 bits per heavy atom. The van der Waals surface area contributed by atoms with E-state index in [0.717, 1.165) is 0 Å². The van der Waals surface area contributed by atoms with Crippen molar-refractivity contribution < 1.29 is 4.79 Å². The molecule has 1 heterocycles. The van der Waals surface area contributed by atoms with E-state index < -0.39 is 5.91 Å². The average Bonchev–Trinajstić information content (AvgIpc) is 2.65. The first-order valence-electron chi connectivity index (χ1n) is 7.41. The van der Waals surface area contributed by atoms with Gasteiger partial charge in [-0.1, -0.05) is 29.3 Å². The van der Waals surface area contributed by atoms with Crippen molar-refractivity contribution in [1.82, 2.24) is 9.97 Å². The molecule has 0 saturated heterocycles. The van der Waals surface area contributed by atoms with Gasteiger partial charge in [-0.15, -0.1) is 0 Å². The number of carbonyl (C=O) groups is 1. The molecule has 6 nitrogen and oxygen atoms in total. The van der Waals surface area contributed by atoms with Gasteiger partial charge in [0.2, 0.25) is 0 Å². The number of aromatic nitrogens is 2. The maximum absolute atomic E-state index is 12.4. The summed E-state index contributed by atoms with van der Waals surface area (Å²) in [5.74, 6) is 0.00833. The fourth-order valence-corrected chi connectivity index (χ4v) is 2.43. The zero-order chi connectivity index (χ0) is 18.5. The summed E-state index contributed by atoms with van der Waals surface area (Å²) in [6.45, 7) is 0. The Labute approximate surface area is 159 Å². The number of nitriles is 1. The van der Waals surface area contributed by atoms with E-state index in [0.29, 0.717) is 32.8 Å². The van der Waals surface area contributed by atoms with Crippen molar-refractivity contribution in [2.45, 2.75) is 0 Å². The van der Waals surface area contributed by atoms with Crippen LogP contribution in [0.5, 0.6) is 0 Å². The Hall–Kier alpha value is -3.14. The standard InChI is InChI=1S/C18H11Cl2N5O/c19-14-5-4-13(7-15(14)20)25-18(26)16-8-17(23-10-22-16)24-12-3-1-2-11(6-12)9-21/h1-8,10H,(H,25,26)(H,22,23,24). The number of halogens is 2. The molecule has 0 fully saturated rings. The van der Waals surface area contributed by atoms with E-state index in [1.165, 1.54) is 12.4 Å². The molecule has 0 aliphatic heterocycles. The van der Waals surface area contributed by atoms with Crippen molar-refractivity contribution in [3.63, 3.8) is 0 Å². The van der Waals surface area contributed by atoms with Crippen molar-refractivity contribution >= 4 is 46.3 Å². The predicted molar refractivity (Wildman–Crippen MR) is 101 cm³/mol. The molecule has 2 N–H and O–H groups in total. The van der Waals surface area contributed by atoms with Crippen LogP contribution < -0.4 is 10.6 Å². The molecule has 26 heavy (non-hydrogen) atoms. The van der Waals surface area contributed by atoms with E-state index in [-0.39, 0.29) is 5.69 Å². The zero-order valence-electron chi connectivity index (χ0n) is 13.2. The van der Waals surface area contributed by atoms with Crippen molar-refractivity contribution in [2.24, 2.45) is 0 Å². The first-order valence-corrected chi connectivity index (χ1v) is 8.16. The van der Waals surface area contributed by atoms with Gasteiger partial charge in [0.1, 0.15) is 17.8 Å². The third-order valence-corrected chi connectivity index (χ3v) is 4.08.